The summed E-state index contributed by atoms with van der Waals surface area (Å²) < 4.78 is 5.80. The summed E-state index contributed by atoms with van der Waals surface area (Å²) in [5, 5.41) is 3.23. The molecule has 2 aliphatic carbocycles. The molecule has 0 atom stereocenters. The van der Waals surface area contributed by atoms with E-state index in [9.17, 15) is 0 Å². The van der Waals surface area contributed by atoms with Crippen LogP contribution in [-0.2, 0) is 0 Å². The highest BCUT2D eigenvalue weighted by Gasteiger charge is 2.41. The van der Waals surface area contributed by atoms with Crippen LogP contribution >= 0.6 is 0 Å². The van der Waals surface area contributed by atoms with Gasteiger partial charge in [0.05, 0.1) is 5.54 Å². The zero-order chi connectivity index (χ0) is 16.7. The number of hydrogen-bond acceptors (Lipinski definition) is 5. The topological polar surface area (TPSA) is 94.3 Å². The summed E-state index contributed by atoms with van der Waals surface area (Å²) in [4.78, 5) is 14.4. The monoisotopic (exact) mass is 352 g/mol. The van der Waals surface area contributed by atoms with Gasteiger partial charge < -0.3 is 9.89 Å². The summed E-state index contributed by atoms with van der Waals surface area (Å²) in [5.74, 6) is 0.655. The number of allylic oxidation sites excluding steroid dienone is 1. The van der Waals surface area contributed by atoms with Crippen molar-refractivity contribution in [2.45, 2.75) is 56.9 Å². The van der Waals surface area contributed by atoms with Crippen molar-refractivity contribution in [1.29, 1.82) is 0 Å². The minimum Gasteiger partial charge on any atom is -0.423 e. The van der Waals surface area contributed by atoms with E-state index < -0.39 is 0 Å². The first-order chi connectivity index (χ1) is 12.3. The molecule has 1 aromatic carbocycles. The average molecular weight is 352 g/mol. The van der Waals surface area contributed by atoms with Crippen LogP contribution in [0.2, 0.25) is 0 Å². The first-order valence-electron chi connectivity index (χ1n) is 9.33. The van der Waals surface area contributed by atoms with Crippen LogP contribution in [0.5, 0.6) is 0 Å². The van der Waals surface area contributed by atoms with Crippen molar-refractivity contribution in [1.82, 2.24) is 4.98 Å². The first-order valence-corrected chi connectivity index (χ1v) is 9.33. The van der Waals surface area contributed by atoms with Gasteiger partial charge in [-0.2, -0.15) is 4.98 Å². The smallest absolute Gasteiger partial charge is 0.302 e. The molecule has 0 radical (unpaired) electrons. The number of fused-ring (bicyclic) bond motifs is 3. The zero-order valence-electron chi connectivity index (χ0n) is 14.8. The minimum atomic E-state index is -0.0793. The quantitative estimate of drug-likeness (QED) is 0.839. The van der Waals surface area contributed by atoms with E-state index in [1.54, 1.807) is 0 Å². The van der Waals surface area contributed by atoms with Gasteiger partial charge in [-0.15, -0.1) is 0 Å². The van der Waals surface area contributed by atoms with E-state index in [4.69, 9.17) is 14.4 Å². The standard InChI is InChI=1S/C20H22N4O.H2O/c1-6-12-20(13-7-1)14-8-2-3-9-15(14)21-18(24-20)23-19-22-16-10-4-5-11-17(16)25-19;/h4-5,8,10-11H,1-3,6-7,9,12-13H2,(H,22,23,24);1H2. The lowest BCUT2D eigenvalue weighted by Gasteiger charge is -2.40. The number of aromatic nitrogens is 1. The molecular weight excluding hydrogens is 328 g/mol. The van der Waals surface area contributed by atoms with Crippen molar-refractivity contribution in [3.63, 3.8) is 0 Å². The lowest BCUT2D eigenvalue weighted by Crippen LogP contribution is -2.41. The highest BCUT2D eigenvalue weighted by atomic mass is 16.4. The fourth-order valence-electron chi connectivity index (χ4n) is 4.35. The molecule has 6 nitrogen and oxygen atoms in total. The number of rotatable bonds is 1. The molecule has 1 aromatic heterocycles. The Kier molecular flexibility index (Phi) is 4.36. The zero-order valence-corrected chi connectivity index (χ0v) is 14.8. The molecule has 2 aromatic rings. The number of para-hydroxylation sites is 2. The van der Waals surface area contributed by atoms with E-state index in [0.717, 1.165) is 36.8 Å². The van der Waals surface area contributed by atoms with Crippen LogP contribution in [0.15, 0.2) is 50.3 Å². The van der Waals surface area contributed by atoms with Gasteiger partial charge in [-0.05, 0) is 49.8 Å². The number of nitrogens with zero attached hydrogens (tertiary/aromatic N) is 3. The van der Waals surface area contributed by atoms with Crippen molar-refractivity contribution in [3.8, 4) is 0 Å². The molecule has 3 N–H and O–H groups in total. The predicted molar refractivity (Wildman–Crippen MR) is 104 cm³/mol. The molecule has 5 rings (SSSR count). The third-order valence-electron chi connectivity index (χ3n) is 5.53. The Morgan fingerprint density at radius 3 is 2.73 bits per heavy atom. The summed E-state index contributed by atoms with van der Waals surface area (Å²) in [6.45, 7) is 0. The molecule has 1 spiro atoms. The molecule has 1 saturated carbocycles. The van der Waals surface area contributed by atoms with Crippen molar-refractivity contribution in [3.05, 3.63) is 35.9 Å². The van der Waals surface area contributed by atoms with Crippen LogP contribution in [0.25, 0.3) is 11.1 Å². The largest absolute Gasteiger partial charge is 0.423 e. The Hall–Kier alpha value is -2.47. The normalized spacial score (nSPS) is 21.3. The van der Waals surface area contributed by atoms with Gasteiger partial charge in [-0.25, -0.2) is 9.98 Å². The van der Waals surface area contributed by atoms with E-state index in [-0.39, 0.29) is 11.0 Å². The van der Waals surface area contributed by atoms with Gasteiger partial charge in [-0.1, -0.05) is 37.5 Å². The Balaban J connectivity index is 0.00000168. The summed E-state index contributed by atoms with van der Waals surface area (Å²) in [7, 11) is 0. The summed E-state index contributed by atoms with van der Waals surface area (Å²) in [5.41, 5.74) is 4.15. The molecule has 26 heavy (non-hydrogen) atoms. The Labute approximate surface area is 152 Å². The van der Waals surface area contributed by atoms with E-state index in [1.807, 2.05) is 24.3 Å². The van der Waals surface area contributed by atoms with E-state index in [1.165, 1.54) is 37.0 Å². The number of aliphatic imine (C=N–C) groups is 2. The van der Waals surface area contributed by atoms with Crippen molar-refractivity contribution in [2.75, 3.05) is 5.32 Å². The third kappa shape index (κ3) is 2.84. The van der Waals surface area contributed by atoms with E-state index >= 15 is 0 Å². The van der Waals surface area contributed by atoms with Gasteiger partial charge in [0.25, 0.3) is 0 Å². The van der Waals surface area contributed by atoms with Gasteiger partial charge >= 0.3 is 6.01 Å². The van der Waals surface area contributed by atoms with Crippen molar-refractivity contribution in [2.24, 2.45) is 9.98 Å². The van der Waals surface area contributed by atoms with E-state index in [0.29, 0.717) is 12.0 Å². The maximum atomic E-state index is 5.80. The molecule has 2 heterocycles. The number of oxazole rings is 1. The minimum absolute atomic E-state index is 0. The predicted octanol–water partition coefficient (Wildman–Crippen LogP) is 4.04. The number of guanidine groups is 1. The number of anilines is 1. The lowest BCUT2D eigenvalue weighted by atomic mass is 9.72. The van der Waals surface area contributed by atoms with Crippen LogP contribution < -0.4 is 5.32 Å². The van der Waals surface area contributed by atoms with Crippen LogP contribution in [0.1, 0.15) is 51.4 Å². The molecule has 0 saturated heterocycles. The molecule has 0 amide bonds. The molecule has 0 unspecified atom stereocenters. The third-order valence-corrected chi connectivity index (χ3v) is 5.53. The molecule has 1 aliphatic heterocycles. The highest BCUT2D eigenvalue weighted by molar-refractivity contribution is 6.13. The van der Waals surface area contributed by atoms with Crippen LogP contribution in [0.4, 0.5) is 6.01 Å². The second-order valence-corrected chi connectivity index (χ2v) is 7.21. The maximum absolute atomic E-state index is 5.80. The molecular formula is C20H24N4O2. The Bertz CT molecular complexity index is 870. The average Bonchev–Trinajstić information content (AvgIpc) is 3.05. The Morgan fingerprint density at radius 2 is 1.88 bits per heavy atom. The highest BCUT2D eigenvalue weighted by Crippen LogP contribution is 2.42. The molecule has 136 valence electrons. The van der Waals surface area contributed by atoms with Gasteiger partial charge in [0.15, 0.2) is 5.58 Å². The van der Waals surface area contributed by atoms with Crippen molar-refractivity contribution < 1.29 is 9.89 Å². The van der Waals surface area contributed by atoms with Crippen LogP contribution in [0, 0.1) is 0 Å². The maximum Gasteiger partial charge on any atom is 0.302 e. The molecule has 0 bridgehead atoms. The van der Waals surface area contributed by atoms with Crippen LogP contribution in [0.3, 0.4) is 0 Å². The fourth-order valence-corrected chi connectivity index (χ4v) is 4.35. The number of benzene rings is 1. The summed E-state index contributed by atoms with van der Waals surface area (Å²) >= 11 is 0. The van der Waals surface area contributed by atoms with Gasteiger partial charge in [0.1, 0.15) is 5.52 Å². The molecule has 3 aliphatic rings. The number of hydrogen-bond donors (Lipinski definition) is 1. The van der Waals surface area contributed by atoms with E-state index in [2.05, 4.69) is 16.4 Å². The molecule has 1 fully saturated rings. The SMILES string of the molecule is C1=C2C(=NC(Nc3nc4ccccc4o3)=NC23CCCCC3)CCC1.O. The van der Waals surface area contributed by atoms with Crippen LogP contribution in [-0.4, -0.2) is 27.7 Å². The summed E-state index contributed by atoms with van der Waals surface area (Å²) in [6, 6.07) is 8.25. The van der Waals surface area contributed by atoms with Gasteiger partial charge in [0.2, 0.25) is 5.96 Å². The molecule has 6 heteroatoms. The lowest BCUT2D eigenvalue weighted by molar-refractivity contribution is 0.348. The second-order valence-electron chi connectivity index (χ2n) is 7.21. The Morgan fingerprint density at radius 1 is 1.04 bits per heavy atom. The number of nitrogens with one attached hydrogen (secondary N) is 1. The van der Waals surface area contributed by atoms with Crippen molar-refractivity contribution >= 4 is 28.8 Å². The van der Waals surface area contributed by atoms with Gasteiger partial charge in [-0.3, -0.25) is 5.32 Å². The first kappa shape index (κ1) is 17.0. The van der Waals surface area contributed by atoms with Gasteiger partial charge in [0, 0.05) is 5.71 Å². The second kappa shape index (κ2) is 6.68. The summed E-state index contributed by atoms with van der Waals surface area (Å²) in [6.07, 6.45) is 11.8. The fraction of sp³-hybridized carbons (Fsp3) is 0.450.